The maximum absolute atomic E-state index is 5.90. The van der Waals surface area contributed by atoms with Crippen molar-refractivity contribution in [2.24, 2.45) is 5.41 Å². The van der Waals surface area contributed by atoms with Gasteiger partial charge in [0.15, 0.2) is 0 Å². The van der Waals surface area contributed by atoms with Crippen LogP contribution in [0.4, 0.5) is 0 Å². The summed E-state index contributed by atoms with van der Waals surface area (Å²) in [6.45, 7) is 6.82. The van der Waals surface area contributed by atoms with E-state index in [1.807, 2.05) is 0 Å². The van der Waals surface area contributed by atoms with Crippen molar-refractivity contribution in [3.05, 3.63) is 11.1 Å². The number of hydrogen-bond donors (Lipinski definition) is 0. The molecule has 1 heteroatoms. The predicted molar refractivity (Wildman–Crippen MR) is 51.1 cm³/mol. The molecule has 1 aliphatic rings. The lowest BCUT2D eigenvalue weighted by Crippen LogP contribution is -2.21. The summed E-state index contributed by atoms with van der Waals surface area (Å²) in [5, 5.41) is 0. The molecular weight excluding hydrogens is 156 g/mol. The molecule has 0 nitrogen and oxygen atoms in total. The first-order valence-corrected chi connectivity index (χ1v) is 4.86. The SMILES string of the molecule is CC1=C(CCl)C(C)(C)CCC1. The highest BCUT2D eigenvalue weighted by molar-refractivity contribution is 6.19. The molecule has 0 aromatic heterocycles. The average molecular weight is 173 g/mol. The van der Waals surface area contributed by atoms with Crippen LogP contribution in [0.15, 0.2) is 11.1 Å². The first-order chi connectivity index (χ1) is 5.08. The first kappa shape index (κ1) is 9.12. The van der Waals surface area contributed by atoms with Gasteiger partial charge in [-0.05, 0) is 31.6 Å². The highest BCUT2D eigenvalue weighted by Gasteiger charge is 2.27. The monoisotopic (exact) mass is 172 g/mol. The number of alkyl halides is 1. The Balaban J connectivity index is 2.92. The Morgan fingerprint density at radius 1 is 1.45 bits per heavy atom. The van der Waals surface area contributed by atoms with Gasteiger partial charge in [0.25, 0.3) is 0 Å². The van der Waals surface area contributed by atoms with E-state index in [1.54, 1.807) is 0 Å². The predicted octanol–water partition coefficient (Wildman–Crippen LogP) is 3.75. The summed E-state index contributed by atoms with van der Waals surface area (Å²) in [5.74, 6) is 0.721. The fraction of sp³-hybridized carbons (Fsp3) is 0.800. The summed E-state index contributed by atoms with van der Waals surface area (Å²) in [4.78, 5) is 0. The van der Waals surface area contributed by atoms with Crippen LogP contribution in [-0.4, -0.2) is 5.88 Å². The Hall–Kier alpha value is 0.0300. The molecule has 1 aliphatic carbocycles. The third-order valence-electron chi connectivity index (χ3n) is 2.82. The lowest BCUT2D eigenvalue weighted by Gasteiger charge is -2.33. The third-order valence-corrected chi connectivity index (χ3v) is 3.09. The van der Waals surface area contributed by atoms with Crippen molar-refractivity contribution in [3.8, 4) is 0 Å². The smallest absolute Gasteiger partial charge is 0.0441 e. The zero-order valence-electron chi connectivity index (χ0n) is 7.71. The second-order valence-electron chi connectivity index (χ2n) is 4.13. The van der Waals surface area contributed by atoms with E-state index >= 15 is 0 Å². The van der Waals surface area contributed by atoms with Gasteiger partial charge in [-0.1, -0.05) is 25.0 Å². The highest BCUT2D eigenvalue weighted by Crippen LogP contribution is 2.40. The Morgan fingerprint density at radius 2 is 2.09 bits per heavy atom. The van der Waals surface area contributed by atoms with Crippen LogP contribution in [0, 0.1) is 5.41 Å². The molecule has 0 spiro atoms. The standard InChI is InChI=1S/C10H17Cl/c1-8-5-4-6-10(2,3)9(8)7-11/h4-7H2,1-3H3. The Bertz CT molecular complexity index is 177. The largest absolute Gasteiger partial charge is 0.122 e. The zero-order valence-corrected chi connectivity index (χ0v) is 8.46. The van der Waals surface area contributed by atoms with E-state index in [9.17, 15) is 0 Å². The molecule has 0 fully saturated rings. The molecular formula is C10H17Cl. The van der Waals surface area contributed by atoms with Crippen LogP contribution >= 0.6 is 11.6 Å². The molecule has 0 radical (unpaired) electrons. The third kappa shape index (κ3) is 1.79. The van der Waals surface area contributed by atoms with Crippen molar-refractivity contribution in [1.82, 2.24) is 0 Å². The van der Waals surface area contributed by atoms with Gasteiger partial charge in [0.2, 0.25) is 0 Å². The summed E-state index contributed by atoms with van der Waals surface area (Å²) in [6, 6.07) is 0. The van der Waals surface area contributed by atoms with Crippen LogP contribution in [0.2, 0.25) is 0 Å². The Labute approximate surface area is 74.6 Å². The van der Waals surface area contributed by atoms with Gasteiger partial charge >= 0.3 is 0 Å². The van der Waals surface area contributed by atoms with E-state index in [0.29, 0.717) is 5.41 Å². The number of halogens is 1. The Kier molecular flexibility index (Phi) is 2.64. The molecule has 0 aromatic rings. The normalized spacial score (nSPS) is 24.0. The van der Waals surface area contributed by atoms with Crippen LogP contribution in [0.3, 0.4) is 0 Å². The molecule has 0 saturated heterocycles. The molecule has 0 atom stereocenters. The van der Waals surface area contributed by atoms with Crippen molar-refractivity contribution in [1.29, 1.82) is 0 Å². The van der Waals surface area contributed by atoms with Gasteiger partial charge in [-0.25, -0.2) is 0 Å². The quantitative estimate of drug-likeness (QED) is 0.418. The minimum absolute atomic E-state index is 0.365. The van der Waals surface area contributed by atoms with Crippen LogP contribution in [-0.2, 0) is 0 Å². The van der Waals surface area contributed by atoms with Crippen LogP contribution in [0.25, 0.3) is 0 Å². The maximum atomic E-state index is 5.90. The fourth-order valence-electron chi connectivity index (χ4n) is 1.97. The zero-order chi connectivity index (χ0) is 8.48. The van der Waals surface area contributed by atoms with Crippen molar-refractivity contribution in [3.63, 3.8) is 0 Å². The lowest BCUT2D eigenvalue weighted by atomic mass is 9.73. The summed E-state index contributed by atoms with van der Waals surface area (Å²) in [7, 11) is 0. The van der Waals surface area contributed by atoms with E-state index in [1.165, 1.54) is 30.4 Å². The average Bonchev–Trinajstić information content (AvgIpc) is 1.86. The van der Waals surface area contributed by atoms with E-state index < -0.39 is 0 Å². The maximum Gasteiger partial charge on any atom is 0.0441 e. The van der Waals surface area contributed by atoms with Crippen molar-refractivity contribution >= 4 is 11.6 Å². The second-order valence-corrected chi connectivity index (χ2v) is 4.40. The number of allylic oxidation sites excluding steroid dienone is 2. The first-order valence-electron chi connectivity index (χ1n) is 4.33. The summed E-state index contributed by atoms with van der Waals surface area (Å²) in [5.41, 5.74) is 3.37. The van der Waals surface area contributed by atoms with Gasteiger partial charge in [-0.15, -0.1) is 11.6 Å². The summed E-state index contributed by atoms with van der Waals surface area (Å²) in [6.07, 6.45) is 3.89. The fourth-order valence-corrected chi connectivity index (χ4v) is 2.56. The molecule has 1 rings (SSSR count). The molecule has 0 unspecified atom stereocenters. The lowest BCUT2D eigenvalue weighted by molar-refractivity contribution is 0.368. The molecule has 0 heterocycles. The number of rotatable bonds is 1. The molecule has 64 valence electrons. The molecule has 0 bridgehead atoms. The van der Waals surface area contributed by atoms with E-state index in [-0.39, 0.29) is 0 Å². The van der Waals surface area contributed by atoms with Crippen molar-refractivity contribution < 1.29 is 0 Å². The minimum atomic E-state index is 0.365. The van der Waals surface area contributed by atoms with Gasteiger partial charge in [0, 0.05) is 5.88 Å². The van der Waals surface area contributed by atoms with Gasteiger partial charge in [0.05, 0.1) is 0 Å². The number of hydrogen-bond acceptors (Lipinski definition) is 0. The van der Waals surface area contributed by atoms with Crippen molar-refractivity contribution in [2.75, 3.05) is 5.88 Å². The van der Waals surface area contributed by atoms with Gasteiger partial charge in [-0.2, -0.15) is 0 Å². The topological polar surface area (TPSA) is 0 Å². The van der Waals surface area contributed by atoms with E-state index in [0.717, 1.165) is 5.88 Å². The molecule has 0 amide bonds. The van der Waals surface area contributed by atoms with Crippen LogP contribution in [0.1, 0.15) is 40.0 Å². The van der Waals surface area contributed by atoms with Gasteiger partial charge in [0.1, 0.15) is 0 Å². The van der Waals surface area contributed by atoms with Gasteiger partial charge < -0.3 is 0 Å². The van der Waals surface area contributed by atoms with Crippen molar-refractivity contribution in [2.45, 2.75) is 40.0 Å². The summed E-state index contributed by atoms with van der Waals surface area (Å²) >= 11 is 5.90. The van der Waals surface area contributed by atoms with E-state index in [2.05, 4.69) is 20.8 Å². The minimum Gasteiger partial charge on any atom is -0.122 e. The second kappa shape index (κ2) is 3.18. The van der Waals surface area contributed by atoms with E-state index in [4.69, 9.17) is 11.6 Å². The Morgan fingerprint density at radius 3 is 2.45 bits per heavy atom. The highest BCUT2D eigenvalue weighted by atomic mass is 35.5. The molecule has 11 heavy (non-hydrogen) atoms. The molecule has 0 aromatic carbocycles. The molecule has 0 aliphatic heterocycles. The van der Waals surface area contributed by atoms with Crippen LogP contribution in [0.5, 0.6) is 0 Å². The molecule has 0 N–H and O–H groups in total. The molecule has 0 saturated carbocycles. The van der Waals surface area contributed by atoms with Crippen LogP contribution < -0.4 is 0 Å². The van der Waals surface area contributed by atoms with Gasteiger partial charge in [-0.3, -0.25) is 0 Å². The summed E-state index contributed by atoms with van der Waals surface area (Å²) < 4.78 is 0.